The minimum atomic E-state index is -0.156. The van der Waals surface area contributed by atoms with Gasteiger partial charge in [-0.25, -0.2) is 0 Å². The second-order valence-corrected chi connectivity index (χ2v) is 10.9. The average molecular weight is 438 g/mol. The SMILES string of the molecule is Cc1cccc(CC/C=C/[C@@H]2[C@H]3CC(CCCCCN(C(C)C)C(C)C)=C[C@H]3C[C@H]2O)c1. The summed E-state index contributed by atoms with van der Waals surface area (Å²) in [6, 6.07) is 10.1. The van der Waals surface area contributed by atoms with Gasteiger partial charge in [-0.05, 0) is 104 Å². The number of rotatable bonds is 12. The topological polar surface area (TPSA) is 23.5 Å². The van der Waals surface area contributed by atoms with Crippen LogP contribution in [0.4, 0.5) is 0 Å². The van der Waals surface area contributed by atoms with Gasteiger partial charge in [0.1, 0.15) is 0 Å². The van der Waals surface area contributed by atoms with Crippen molar-refractivity contribution in [1.29, 1.82) is 0 Å². The predicted octanol–water partition coefficient (Wildman–Crippen LogP) is 7.11. The molecule has 0 aromatic heterocycles. The Bertz CT molecular complexity index is 754. The Labute approximate surface area is 197 Å². The smallest absolute Gasteiger partial charge is 0.0611 e. The van der Waals surface area contributed by atoms with Crippen LogP contribution in [-0.2, 0) is 6.42 Å². The van der Waals surface area contributed by atoms with Gasteiger partial charge >= 0.3 is 0 Å². The molecular weight excluding hydrogens is 390 g/mol. The van der Waals surface area contributed by atoms with Crippen LogP contribution in [0.15, 0.2) is 48.1 Å². The fraction of sp³-hybridized carbons (Fsp3) is 0.667. The summed E-state index contributed by atoms with van der Waals surface area (Å²) in [4.78, 5) is 2.61. The van der Waals surface area contributed by atoms with Gasteiger partial charge < -0.3 is 5.11 Å². The van der Waals surface area contributed by atoms with E-state index in [1.807, 2.05) is 0 Å². The van der Waals surface area contributed by atoms with Gasteiger partial charge in [-0.15, -0.1) is 0 Å². The number of unbranched alkanes of at least 4 members (excludes halogenated alkanes) is 2. The molecule has 0 radical (unpaired) electrons. The van der Waals surface area contributed by atoms with Crippen LogP contribution in [0.25, 0.3) is 0 Å². The third-order valence-corrected chi connectivity index (χ3v) is 7.73. The highest BCUT2D eigenvalue weighted by atomic mass is 16.3. The van der Waals surface area contributed by atoms with Gasteiger partial charge in [0, 0.05) is 18.0 Å². The largest absolute Gasteiger partial charge is 0.392 e. The van der Waals surface area contributed by atoms with Gasteiger partial charge in [-0.2, -0.15) is 0 Å². The van der Waals surface area contributed by atoms with Crippen LogP contribution in [0.3, 0.4) is 0 Å². The summed E-state index contributed by atoms with van der Waals surface area (Å²) in [6.07, 6.45) is 16.6. The monoisotopic (exact) mass is 437 g/mol. The molecule has 0 saturated heterocycles. The zero-order valence-corrected chi connectivity index (χ0v) is 21.3. The van der Waals surface area contributed by atoms with Gasteiger partial charge in [0.25, 0.3) is 0 Å². The quantitative estimate of drug-likeness (QED) is 0.278. The molecule has 178 valence electrons. The molecule has 1 saturated carbocycles. The van der Waals surface area contributed by atoms with E-state index in [1.54, 1.807) is 5.57 Å². The zero-order valence-electron chi connectivity index (χ0n) is 21.3. The maximum absolute atomic E-state index is 10.6. The van der Waals surface area contributed by atoms with Crippen LogP contribution < -0.4 is 0 Å². The van der Waals surface area contributed by atoms with E-state index in [9.17, 15) is 5.11 Å². The average Bonchev–Trinajstić information content (AvgIpc) is 3.24. The minimum absolute atomic E-state index is 0.156. The first kappa shape index (κ1) is 25.2. The summed E-state index contributed by atoms with van der Waals surface area (Å²) in [7, 11) is 0. The van der Waals surface area contributed by atoms with E-state index < -0.39 is 0 Å². The number of aryl methyl sites for hydroxylation is 2. The van der Waals surface area contributed by atoms with E-state index in [4.69, 9.17) is 0 Å². The highest BCUT2D eigenvalue weighted by Crippen LogP contribution is 2.48. The lowest BCUT2D eigenvalue weighted by molar-refractivity contribution is 0.141. The Morgan fingerprint density at radius 2 is 1.84 bits per heavy atom. The Morgan fingerprint density at radius 3 is 2.56 bits per heavy atom. The van der Waals surface area contributed by atoms with E-state index in [0.29, 0.717) is 29.8 Å². The number of hydrogen-bond acceptors (Lipinski definition) is 2. The Morgan fingerprint density at radius 1 is 1.06 bits per heavy atom. The van der Waals surface area contributed by atoms with Crippen LogP contribution >= 0.6 is 0 Å². The van der Waals surface area contributed by atoms with Gasteiger partial charge in [0.05, 0.1) is 6.10 Å². The van der Waals surface area contributed by atoms with Crippen molar-refractivity contribution in [2.24, 2.45) is 17.8 Å². The summed E-state index contributed by atoms with van der Waals surface area (Å²) in [5.41, 5.74) is 4.41. The molecular formula is C30H47NO. The van der Waals surface area contributed by atoms with Gasteiger partial charge in [-0.3, -0.25) is 4.90 Å². The summed E-state index contributed by atoms with van der Waals surface area (Å²) >= 11 is 0. The molecule has 0 bridgehead atoms. The highest BCUT2D eigenvalue weighted by molar-refractivity contribution is 5.23. The molecule has 2 heteroatoms. The van der Waals surface area contributed by atoms with Crippen molar-refractivity contribution in [1.82, 2.24) is 4.90 Å². The number of aliphatic hydroxyl groups excluding tert-OH is 1. The van der Waals surface area contributed by atoms with Crippen molar-refractivity contribution in [3.05, 3.63) is 59.2 Å². The molecule has 32 heavy (non-hydrogen) atoms. The lowest BCUT2D eigenvalue weighted by Gasteiger charge is -2.30. The first-order chi connectivity index (χ1) is 15.3. The number of nitrogens with zero attached hydrogens (tertiary/aromatic N) is 1. The molecule has 0 spiro atoms. The molecule has 0 aliphatic heterocycles. The first-order valence-electron chi connectivity index (χ1n) is 13.2. The molecule has 4 atom stereocenters. The second kappa shape index (κ2) is 12.2. The third kappa shape index (κ3) is 7.06. The Balaban J connectivity index is 1.39. The molecule has 1 aromatic rings. The van der Waals surface area contributed by atoms with Crippen LogP contribution in [-0.4, -0.2) is 34.7 Å². The lowest BCUT2D eigenvalue weighted by Crippen LogP contribution is -2.37. The molecule has 1 aromatic carbocycles. The van der Waals surface area contributed by atoms with Crippen LogP contribution in [0.5, 0.6) is 0 Å². The number of allylic oxidation sites excluding steroid dienone is 3. The zero-order chi connectivity index (χ0) is 23.1. The summed E-state index contributed by atoms with van der Waals surface area (Å²) < 4.78 is 0. The Hall–Kier alpha value is -1.38. The van der Waals surface area contributed by atoms with Gasteiger partial charge in [0.15, 0.2) is 0 Å². The number of hydrogen-bond donors (Lipinski definition) is 1. The molecule has 3 rings (SSSR count). The fourth-order valence-corrected chi connectivity index (χ4v) is 6.10. The van der Waals surface area contributed by atoms with Gasteiger partial charge in [-0.1, -0.05) is 60.1 Å². The van der Waals surface area contributed by atoms with Crippen molar-refractivity contribution in [2.75, 3.05) is 6.54 Å². The van der Waals surface area contributed by atoms with Crippen LogP contribution in [0, 0.1) is 24.7 Å². The second-order valence-electron chi connectivity index (χ2n) is 10.9. The van der Waals surface area contributed by atoms with E-state index >= 15 is 0 Å². The van der Waals surface area contributed by atoms with Crippen LogP contribution in [0.2, 0.25) is 0 Å². The van der Waals surface area contributed by atoms with Crippen molar-refractivity contribution >= 4 is 0 Å². The van der Waals surface area contributed by atoms with Gasteiger partial charge in [0.2, 0.25) is 0 Å². The molecule has 1 N–H and O–H groups in total. The standard InChI is InChI=1S/C30H47NO/c1-22(2)31(23(3)4)17-10-6-7-14-26-19-27-21-30(32)28(29(27)20-26)16-9-8-13-25-15-11-12-24(5)18-25/h9,11-12,15-16,18-19,22-23,27-30,32H,6-8,10,13-14,17,20-21H2,1-5H3/b16-9+/t27-,28+,29-,30+/m0/s1. The minimum Gasteiger partial charge on any atom is -0.392 e. The van der Waals surface area contributed by atoms with Crippen molar-refractivity contribution in [3.63, 3.8) is 0 Å². The van der Waals surface area contributed by atoms with E-state index in [-0.39, 0.29) is 6.10 Å². The first-order valence-corrected chi connectivity index (χ1v) is 13.2. The summed E-state index contributed by atoms with van der Waals surface area (Å²) in [5.74, 6) is 1.58. The molecule has 2 nitrogen and oxygen atoms in total. The van der Waals surface area contributed by atoms with Crippen molar-refractivity contribution < 1.29 is 5.11 Å². The molecule has 0 amide bonds. The fourth-order valence-electron chi connectivity index (χ4n) is 6.10. The van der Waals surface area contributed by atoms with Crippen LogP contribution in [0.1, 0.15) is 83.8 Å². The maximum atomic E-state index is 10.6. The predicted molar refractivity (Wildman–Crippen MR) is 138 cm³/mol. The summed E-state index contributed by atoms with van der Waals surface area (Å²) in [5, 5.41) is 10.6. The van der Waals surface area contributed by atoms with E-state index in [1.165, 1.54) is 49.8 Å². The van der Waals surface area contributed by atoms with E-state index in [2.05, 4.69) is 82.0 Å². The molecule has 1 fully saturated rings. The molecule has 2 aliphatic rings. The number of aliphatic hydroxyl groups is 1. The Kier molecular flexibility index (Phi) is 9.61. The maximum Gasteiger partial charge on any atom is 0.0611 e. The van der Waals surface area contributed by atoms with Crippen molar-refractivity contribution in [2.45, 2.75) is 104 Å². The molecule has 0 unspecified atom stereocenters. The number of fused-ring (bicyclic) bond motifs is 1. The normalized spacial score (nSPS) is 25.5. The highest BCUT2D eigenvalue weighted by Gasteiger charge is 2.43. The lowest BCUT2D eigenvalue weighted by atomic mass is 9.88. The molecule has 2 aliphatic carbocycles. The number of benzene rings is 1. The van der Waals surface area contributed by atoms with E-state index in [0.717, 1.165) is 19.3 Å². The third-order valence-electron chi connectivity index (χ3n) is 7.73. The molecule has 0 heterocycles. The van der Waals surface area contributed by atoms with Crippen molar-refractivity contribution in [3.8, 4) is 0 Å². The summed E-state index contributed by atoms with van der Waals surface area (Å²) in [6.45, 7) is 12.6.